The zero-order valence-corrected chi connectivity index (χ0v) is 9.30. The lowest BCUT2D eigenvalue weighted by Gasteiger charge is -1.99. The number of hydrogen-bond donors (Lipinski definition) is 0. The van der Waals surface area contributed by atoms with Gasteiger partial charge in [0.1, 0.15) is 5.78 Å². The van der Waals surface area contributed by atoms with Crippen LogP contribution in [-0.2, 0) is 11.2 Å². The van der Waals surface area contributed by atoms with E-state index in [-0.39, 0.29) is 11.6 Å². The molecule has 0 heterocycles. The van der Waals surface area contributed by atoms with Crippen molar-refractivity contribution in [2.24, 2.45) is 5.92 Å². The smallest absolute Gasteiger partial charge is 0.173 e. The fraction of sp³-hybridized carbons (Fsp3) is 0.273. The lowest BCUT2D eigenvalue weighted by atomic mass is 10.0. The summed E-state index contributed by atoms with van der Waals surface area (Å²) in [4.78, 5) is 22.9. The lowest BCUT2D eigenvalue weighted by Crippen LogP contribution is -2.17. The number of rotatable bonds is 1. The average molecular weight is 253 g/mol. The van der Waals surface area contributed by atoms with E-state index in [9.17, 15) is 9.59 Å². The predicted octanol–water partition coefficient (Wildman–Crippen LogP) is 2.39. The molecule has 0 aliphatic heterocycles. The van der Waals surface area contributed by atoms with Gasteiger partial charge in [-0.15, -0.1) is 0 Å². The van der Waals surface area contributed by atoms with Gasteiger partial charge in [0.2, 0.25) is 0 Å². The van der Waals surface area contributed by atoms with E-state index in [4.69, 9.17) is 0 Å². The Kier molecular flexibility index (Phi) is 2.27. The lowest BCUT2D eigenvalue weighted by molar-refractivity contribution is -0.119. The highest BCUT2D eigenvalue weighted by Gasteiger charge is 2.33. The van der Waals surface area contributed by atoms with Crippen molar-refractivity contribution < 1.29 is 9.59 Å². The van der Waals surface area contributed by atoms with E-state index in [1.165, 1.54) is 6.92 Å². The Morgan fingerprint density at radius 1 is 1.50 bits per heavy atom. The number of halogens is 1. The molecule has 72 valence electrons. The average Bonchev–Trinajstić information content (AvgIpc) is 2.43. The third kappa shape index (κ3) is 1.42. The molecule has 1 atom stereocenters. The van der Waals surface area contributed by atoms with Gasteiger partial charge < -0.3 is 0 Å². The van der Waals surface area contributed by atoms with Crippen LogP contribution in [0.1, 0.15) is 22.8 Å². The molecule has 0 amide bonds. The van der Waals surface area contributed by atoms with Crippen LogP contribution in [0.2, 0.25) is 0 Å². The van der Waals surface area contributed by atoms with E-state index < -0.39 is 5.92 Å². The van der Waals surface area contributed by atoms with Crippen LogP contribution in [0.5, 0.6) is 0 Å². The second-order valence-electron chi connectivity index (χ2n) is 3.53. The van der Waals surface area contributed by atoms with Crippen LogP contribution in [0.3, 0.4) is 0 Å². The summed E-state index contributed by atoms with van der Waals surface area (Å²) in [5.74, 6) is -0.512. The molecule has 0 N–H and O–H groups in total. The van der Waals surface area contributed by atoms with Crippen molar-refractivity contribution in [1.82, 2.24) is 0 Å². The second-order valence-corrected chi connectivity index (χ2v) is 4.45. The normalized spacial score (nSPS) is 19.6. The molecule has 0 bridgehead atoms. The van der Waals surface area contributed by atoms with Gasteiger partial charge in [-0.1, -0.05) is 15.9 Å². The van der Waals surface area contributed by atoms with Crippen molar-refractivity contribution in [3.8, 4) is 0 Å². The van der Waals surface area contributed by atoms with Crippen LogP contribution in [0.25, 0.3) is 0 Å². The van der Waals surface area contributed by atoms with Gasteiger partial charge in [0, 0.05) is 10.0 Å². The molecule has 1 aromatic carbocycles. The van der Waals surface area contributed by atoms with E-state index in [1.807, 2.05) is 12.1 Å². The fourth-order valence-corrected chi connectivity index (χ4v) is 2.21. The van der Waals surface area contributed by atoms with Gasteiger partial charge in [-0.2, -0.15) is 0 Å². The van der Waals surface area contributed by atoms with Gasteiger partial charge in [-0.05, 0) is 37.1 Å². The van der Waals surface area contributed by atoms with Gasteiger partial charge in [0.25, 0.3) is 0 Å². The van der Waals surface area contributed by atoms with E-state index in [0.29, 0.717) is 12.0 Å². The van der Waals surface area contributed by atoms with Crippen molar-refractivity contribution in [3.63, 3.8) is 0 Å². The molecule has 0 fully saturated rings. The molecule has 1 aliphatic rings. The van der Waals surface area contributed by atoms with E-state index in [2.05, 4.69) is 15.9 Å². The SMILES string of the molecule is CC(=O)C1Cc2cc(Br)ccc2C1=O. The van der Waals surface area contributed by atoms with Crippen molar-refractivity contribution >= 4 is 27.5 Å². The van der Waals surface area contributed by atoms with Crippen molar-refractivity contribution in [2.75, 3.05) is 0 Å². The second kappa shape index (κ2) is 3.31. The number of fused-ring (bicyclic) bond motifs is 1. The summed E-state index contributed by atoms with van der Waals surface area (Å²) in [6.07, 6.45) is 0.558. The maximum Gasteiger partial charge on any atom is 0.173 e. The van der Waals surface area contributed by atoms with Crippen LogP contribution in [-0.4, -0.2) is 11.6 Å². The van der Waals surface area contributed by atoms with Crippen molar-refractivity contribution in [2.45, 2.75) is 13.3 Å². The number of Topliss-reactive ketones (excluding diaryl/α,β-unsaturated/α-hetero) is 2. The van der Waals surface area contributed by atoms with Crippen LogP contribution in [0.15, 0.2) is 22.7 Å². The third-order valence-corrected chi connectivity index (χ3v) is 3.06. The molecule has 1 aromatic rings. The molecule has 2 nitrogen and oxygen atoms in total. The van der Waals surface area contributed by atoms with E-state index in [1.54, 1.807) is 6.07 Å². The molecule has 2 rings (SSSR count). The van der Waals surface area contributed by atoms with Gasteiger partial charge in [0.05, 0.1) is 5.92 Å². The van der Waals surface area contributed by atoms with Crippen LogP contribution < -0.4 is 0 Å². The van der Waals surface area contributed by atoms with Gasteiger partial charge in [-0.25, -0.2) is 0 Å². The molecule has 1 aliphatic carbocycles. The minimum absolute atomic E-state index is 0.0278. The Bertz CT molecular complexity index is 423. The quantitative estimate of drug-likeness (QED) is 0.720. The Morgan fingerprint density at radius 3 is 2.86 bits per heavy atom. The monoisotopic (exact) mass is 252 g/mol. The van der Waals surface area contributed by atoms with Crippen LogP contribution in [0, 0.1) is 5.92 Å². The van der Waals surface area contributed by atoms with Gasteiger partial charge in [-0.3, -0.25) is 9.59 Å². The van der Waals surface area contributed by atoms with Crippen LogP contribution >= 0.6 is 15.9 Å². The zero-order valence-electron chi connectivity index (χ0n) is 7.71. The largest absolute Gasteiger partial charge is 0.299 e. The zero-order chi connectivity index (χ0) is 10.3. The van der Waals surface area contributed by atoms with Crippen molar-refractivity contribution in [3.05, 3.63) is 33.8 Å². The molecule has 0 saturated heterocycles. The summed E-state index contributed by atoms with van der Waals surface area (Å²) in [6, 6.07) is 5.53. The first-order valence-corrected chi connectivity index (χ1v) is 5.22. The van der Waals surface area contributed by atoms with Crippen molar-refractivity contribution in [1.29, 1.82) is 0 Å². The highest BCUT2D eigenvalue weighted by Crippen LogP contribution is 2.29. The molecule has 0 spiro atoms. The summed E-state index contributed by atoms with van der Waals surface area (Å²) >= 11 is 3.35. The molecule has 14 heavy (non-hydrogen) atoms. The summed E-state index contributed by atoms with van der Waals surface area (Å²) in [5.41, 5.74) is 1.68. The first-order chi connectivity index (χ1) is 6.59. The molecule has 0 aromatic heterocycles. The summed E-state index contributed by atoms with van der Waals surface area (Å²) in [5, 5.41) is 0. The van der Waals surface area contributed by atoms with Crippen LogP contribution in [0.4, 0.5) is 0 Å². The molecule has 0 saturated carbocycles. The summed E-state index contributed by atoms with van der Waals surface area (Å²) < 4.78 is 0.952. The highest BCUT2D eigenvalue weighted by molar-refractivity contribution is 9.10. The first-order valence-electron chi connectivity index (χ1n) is 4.42. The molecule has 1 unspecified atom stereocenters. The highest BCUT2D eigenvalue weighted by atomic mass is 79.9. The molecule has 3 heteroatoms. The standard InChI is InChI=1S/C11H9BrO2/c1-6(13)10-5-7-4-8(12)2-3-9(7)11(10)14/h2-4,10H,5H2,1H3. The first kappa shape index (κ1) is 9.59. The number of ketones is 2. The summed E-state index contributed by atoms with van der Waals surface area (Å²) in [6.45, 7) is 1.48. The Labute approximate surface area is 90.4 Å². The Hall–Kier alpha value is -0.960. The van der Waals surface area contributed by atoms with E-state index in [0.717, 1.165) is 10.0 Å². The minimum atomic E-state index is -0.445. The maximum absolute atomic E-state index is 11.7. The molecular formula is C11H9BrO2. The van der Waals surface area contributed by atoms with Gasteiger partial charge >= 0.3 is 0 Å². The van der Waals surface area contributed by atoms with E-state index >= 15 is 0 Å². The third-order valence-electron chi connectivity index (χ3n) is 2.56. The number of carbonyl (C=O) groups is 2. The molecule has 0 radical (unpaired) electrons. The Balaban J connectivity index is 2.45. The number of carbonyl (C=O) groups excluding carboxylic acids is 2. The predicted molar refractivity (Wildman–Crippen MR) is 56.3 cm³/mol. The van der Waals surface area contributed by atoms with Gasteiger partial charge in [0.15, 0.2) is 5.78 Å². The topological polar surface area (TPSA) is 34.1 Å². The maximum atomic E-state index is 11.7. The molecular weight excluding hydrogens is 244 g/mol. The minimum Gasteiger partial charge on any atom is -0.299 e. The Morgan fingerprint density at radius 2 is 2.21 bits per heavy atom. The number of benzene rings is 1. The number of hydrogen-bond acceptors (Lipinski definition) is 2. The fourth-order valence-electron chi connectivity index (χ4n) is 1.80. The summed E-state index contributed by atoms with van der Waals surface area (Å²) in [7, 11) is 0.